The number of aliphatic hydroxyl groups excluding tert-OH is 1. The third-order valence-corrected chi connectivity index (χ3v) is 1.94. The fourth-order valence-corrected chi connectivity index (χ4v) is 1.22. The van der Waals surface area contributed by atoms with Crippen LogP contribution in [0.4, 0.5) is 5.82 Å². The van der Waals surface area contributed by atoms with Gasteiger partial charge in [0.2, 0.25) is 0 Å². The van der Waals surface area contributed by atoms with Crippen LogP contribution in [0.15, 0.2) is 18.3 Å². The number of aliphatic hydroxyl groups is 1. The third kappa shape index (κ3) is 2.70. The van der Waals surface area contributed by atoms with E-state index in [1.165, 1.54) is 0 Å². The van der Waals surface area contributed by atoms with Crippen molar-refractivity contribution in [3.05, 3.63) is 23.9 Å². The number of rotatable bonds is 4. The molecule has 0 atom stereocenters. The van der Waals surface area contributed by atoms with Gasteiger partial charge in [-0.2, -0.15) is 0 Å². The van der Waals surface area contributed by atoms with Crippen LogP contribution in [0.2, 0.25) is 0 Å². The van der Waals surface area contributed by atoms with E-state index in [0.717, 1.165) is 24.3 Å². The SMILES string of the molecule is CCCN(C)c1cc(CO)ccn1. The van der Waals surface area contributed by atoms with Gasteiger partial charge < -0.3 is 10.0 Å². The molecule has 0 saturated heterocycles. The number of pyridine rings is 1. The summed E-state index contributed by atoms with van der Waals surface area (Å²) in [5.41, 5.74) is 0.910. The molecule has 72 valence electrons. The summed E-state index contributed by atoms with van der Waals surface area (Å²) in [6.07, 6.45) is 2.83. The molecule has 1 aromatic heterocycles. The summed E-state index contributed by atoms with van der Waals surface area (Å²) >= 11 is 0. The Balaban J connectivity index is 2.75. The zero-order valence-electron chi connectivity index (χ0n) is 8.20. The van der Waals surface area contributed by atoms with Gasteiger partial charge in [-0.1, -0.05) is 6.92 Å². The number of hydrogen-bond donors (Lipinski definition) is 1. The lowest BCUT2D eigenvalue weighted by Crippen LogP contribution is -2.18. The van der Waals surface area contributed by atoms with Gasteiger partial charge in [-0.15, -0.1) is 0 Å². The van der Waals surface area contributed by atoms with Crippen LogP contribution < -0.4 is 4.90 Å². The molecular weight excluding hydrogens is 164 g/mol. The average Bonchev–Trinajstić information content (AvgIpc) is 2.18. The smallest absolute Gasteiger partial charge is 0.128 e. The van der Waals surface area contributed by atoms with Crippen molar-refractivity contribution in [2.24, 2.45) is 0 Å². The molecule has 1 N–H and O–H groups in total. The minimum Gasteiger partial charge on any atom is -0.392 e. The van der Waals surface area contributed by atoms with E-state index in [1.807, 2.05) is 19.2 Å². The van der Waals surface area contributed by atoms with E-state index < -0.39 is 0 Å². The maximum absolute atomic E-state index is 8.93. The topological polar surface area (TPSA) is 36.4 Å². The molecule has 0 aliphatic carbocycles. The van der Waals surface area contributed by atoms with Gasteiger partial charge in [-0.25, -0.2) is 4.98 Å². The van der Waals surface area contributed by atoms with Crippen LogP contribution in [0.25, 0.3) is 0 Å². The van der Waals surface area contributed by atoms with Gasteiger partial charge in [0.15, 0.2) is 0 Å². The molecule has 0 saturated carbocycles. The highest BCUT2D eigenvalue weighted by Crippen LogP contribution is 2.10. The fraction of sp³-hybridized carbons (Fsp3) is 0.500. The first-order valence-corrected chi connectivity index (χ1v) is 4.55. The standard InChI is InChI=1S/C10H16N2O/c1-3-6-12(2)10-7-9(8-13)4-5-11-10/h4-5,7,13H,3,6,8H2,1-2H3. The Labute approximate surface area is 79.0 Å². The number of hydrogen-bond acceptors (Lipinski definition) is 3. The summed E-state index contributed by atoms with van der Waals surface area (Å²) < 4.78 is 0. The van der Waals surface area contributed by atoms with Crippen molar-refractivity contribution in [2.45, 2.75) is 20.0 Å². The Morgan fingerprint density at radius 2 is 2.31 bits per heavy atom. The van der Waals surface area contributed by atoms with Crippen LogP contribution in [0.3, 0.4) is 0 Å². The molecule has 0 aliphatic rings. The molecule has 0 aromatic carbocycles. The normalized spacial score (nSPS) is 10.1. The fourth-order valence-electron chi connectivity index (χ4n) is 1.22. The summed E-state index contributed by atoms with van der Waals surface area (Å²) in [5.74, 6) is 0.924. The molecule has 3 nitrogen and oxygen atoms in total. The summed E-state index contributed by atoms with van der Waals surface area (Å²) in [7, 11) is 2.01. The summed E-state index contributed by atoms with van der Waals surface area (Å²) in [5, 5.41) is 8.93. The summed E-state index contributed by atoms with van der Waals surface area (Å²) in [6.45, 7) is 3.20. The molecule has 0 bridgehead atoms. The Kier molecular flexibility index (Phi) is 3.71. The summed E-state index contributed by atoms with van der Waals surface area (Å²) in [6, 6.07) is 3.74. The Hall–Kier alpha value is -1.09. The van der Waals surface area contributed by atoms with Gasteiger partial charge in [0.1, 0.15) is 5.82 Å². The van der Waals surface area contributed by atoms with Crippen molar-refractivity contribution in [1.82, 2.24) is 4.98 Å². The van der Waals surface area contributed by atoms with Crippen LogP contribution in [-0.4, -0.2) is 23.7 Å². The lowest BCUT2D eigenvalue weighted by Gasteiger charge is -2.17. The van der Waals surface area contributed by atoms with Crippen molar-refractivity contribution < 1.29 is 5.11 Å². The highest BCUT2D eigenvalue weighted by atomic mass is 16.3. The second-order valence-corrected chi connectivity index (χ2v) is 3.10. The molecule has 3 heteroatoms. The monoisotopic (exact) mass is 180 g/mol. The first-order chi connectivity index (χ1) is 6.27. The van der Waals surface area contributed by atoms with E-state index in [0.29, 0.717) is 0 Å². The largest absolute Gasteiger partial charge is 0.392 e. The first kappa shape index (κ1) is 9.99. The van der Waals surface area contributed by atoms with E-state index >= 15 is 0 Å². The van der Waals surface area contributed by atoms with E-state index in [-0.39, 0.29) is 6.61 Å². The molecule has 0 amide bonds. The number of aromatic nitrogens is 1. The Morgan fingerprint density at radius 3 is 2.92 bits per heavy atom. The minimum absolute atomic E-state index is 0.0789. The molecule has 13 heavy (non-hydrogen) atoms. The molecule has 1 heterocycles. The molecular formula is C10H16N2O. The highest BCUT2D eigenvalue weighted by Gasteiger charge is 2.00. The van der Waals surface area contributed by atoms with E-state index in [9.17, 15) is 0 Å². The number of nitrogens with zero attached hydrogens (tertiary/aromatic N) is 2. The molecule has 0 spiro atoms. The molecule has 0 fully saturated rings. The van der Waals surface area contributed by atoms with Crippen molar-refractivity contribution in [2.75, 3.05) is 18.5 Å². The van der Waals surface area contributed by atoms with Crippen LogP contribution in [-0.2, 0) is 6.61 Å². The third-order valence-electron chi connectivity index (χ3n) is 1.94. The lowest BCUT2D eigenvalue weighted by molar-refractivity contribution is 0.281. The minimum atomic E-state index is 0.0789. The number of anilines is 1. The van der Waals surface area contributed by atoms with Crippen molar-refractivity contribution in [3.63, 3.8) is 0 Å². The van der Waals surface area contributed by atoms with Gasteiger partial charge in [-0.05, 0) is 24.1 Å². The van der Waals surface area contributed by atoms with E-state index in [2.05, 4.69) is 16.8 Å². The summed E-state index contributed by atoms with van der Waals surface area (Å²) in [4.78, 5) is 6.30. The van der Waals surface area contributed by atoms with Crippen LogP contribution in [0.5, 0.6) is 0 Å². The molecule has 1 aromatic rings. The predicted octanol–water partition coefficient (Wildman–Crippen LogP) is 1.42. The highest BCUT2D eigenvalue weighted by molar-refractivity contribution is 5.39. The van der Waals surface area contributed by atoms with Crippen LogP contribution in [0.1, 0.15) is 18.9 Å². The molecule has 0 unspecified atom stereocenters. The van der Waals surface area contributed by atoms with Crippen molar-refractivity contribution in [3.8, 4) is 0 Å². The molecule has 1 rings (SSSR count). The molecule has 0 aliphatic heterocycles. The van der Waals surface area contributed by atoms with Gasteiger partial charge in [0, 0.05) is 19.8 Å². The zero-order chi connectivity index (χ0) is 9.68. The van der Waals surface area contributed by atoms with E-state index in [1.54, 1.807) is 6.20 Å². The van der Waals surface area contributed by atoms with Gasteiger partial charge in [-0.3, -0.25) is 0 Å². The quantitative estimate of drug-likeness (QED) is 0.761. The van der Waals surface area contributed by atoms with E-state index in [4.69, 9.17) is 5.11 Å². The Morgan fingerprint density at radius 1 is 1.54 bits per heavy atom. The predicted molar refractivity (Wildman–Crippen MR) is 53.7 cm³/mol. The first-order valence-electron chi connectivity index (χ1n) is 4.55. The lowest BCUT2D eigenvalue weighted by atomic mass is 10.2. The Bertz CT molecular complexity index is 263. The maximum atomic E-state index is 8.93. The second-order valence-electron chi connectivity index (χ2n) is 3.10. The maximum Gasteiger partial charge on any atom is 0.128 e. The van der Waals surface area contributed by atoms with Crippen molar-refractivity contribution >= 4 is 5.82 Å². The van der Waals surface area contributed by atoms with Gasteiger partial charge in [0.05, 0.1) is 6.61 Å². The molecule has 0 radical (unpaired) electrons. The zero-order valence-corrected chi connectivity index (χ0v) is 8.20. The average molecular weight is 180 g/mol. The van der Waals surface area contributed by atoms with Gasteiger partial charge >= 0.3 is 0 Å². The van der Waals surface area contributed by atoms with Crippen LogP contribution in [0, 0.1) is 0 Å². The van der Waals surface area contributed by atoms with Crippen molar-refractivity contribution in [1.29, 1.82) is 0 Å². The second kappa shape index (κ2) is 4.82. The van der Waals surface area contributed by atoms with Gasteiger partial charge in [0.25, 0.3) is 0 Å². The van der Waals surface area contributed by atoms with Crippen LogP contribution >= 0.6 is 0 Å².